The summed E-state index contributed by atoms with van der Waals surface area (Å²) in [6.07, 6.45) is 0.903. The minimum absolute atomic E-state index is 0.149. The van der Waals surface area contributed by atoms with Crippen LogP contribution in [-0.4, -0.2) is 17.7 Å². The highest BCUT2D eigenvalue weighted by molar-refractivity contribution is 5.64. The van der Waals surface area contributed by atoms with Crippen LogP contribution in [0.1, 0.15) is 17.2 Å². The van der Waals surface area contributed by atoms with Crippen LogP contribution in [-0.2, 0) is 4.74 Å². The number of rotatable bonds is 4. The molecule has 1 amide bonds. The molecule has 0 aliphatic heterocycles. The van der Waals surface area contributed by atoms with Crippen molar-refractivity contribution in [3.8, 4) is 0 Å². The lowest BCUT2D eigenvalue weighted by atomic mass is 9.96. The van der Waals surface area contributed by atoms with Gasteiger partial charge in [-0.25, -0.2) is 4.79 Å². The standard InChI is InChI=1S/C14H15N3O2/c15-11-6-4-10(5-7-11)12(9-19-14(16)18)13-3-1-2-8-17-13/h1-8,12H,9,15H2,(H2,16,18). The van der Waals surface area contributed by atoms with Crippen LogP contribution in [0.2, 0.25) is 0 Å². The lowest BCUT2D eigenvalue weighted by Gasteiger charge is -2.16. The number of anilines is 1. The zero-order valence-electron chi connectivity index (χ0n) is 10.3. The van der Waals surface area contributed by atoms with E-state index in [4.69, 9.17) is 16.2 Å². The number of aromatic nitrogens is 1. The fourth-order valence-corrected chi connectivity index (χ4v) is 1.83. The third-order valence-corrected chi connectivity index (χ3v) is 2.78. The zero-order chi connectivity index (χ0) is 13.7. The first kappa shape index (κ1) is 12.9. The van der Waals surface area contributed by atoms with Crippen LogP contribution in [0.25, 0.3) is 0 Å². The van der Waals surface area contributed by atoms with Crippen molar-refractivity contribution in [3.63, 3.8) is 0 Å². The highest BCUT2D eigenvalue weighted by Gasteiger charge is 2.17. The van der Waals surface area contributed by atoms with Crippen molar-refractivity contribution < 1.29 is 9.53 Å². The molecule has 1 aromatic heterocycles. The number of carbonyl (C=O) groups excluding carboxylic acids is 1. The van der Waals surface area contributed by atoms with Gasteiger partial charge in [0.2, 0.25) is 0 Å². The number of hydrogen-bond donors (Lipinski definition) is 2. The van der Waals surface area contributed by atoms with Crippen LogP contribution in [0.5, 0.6) is 0 Å². The third-order valence-electron chi connectivity index (χ3n) is 2.78. The Balaban J connectivity index is 2.28. The van der Waals surface area contributed by atoms with Gasteiger partial charge in [0.05, 0.1) is 11.6 Å². The van der Waals surface area contributed by atoms with Gasteiger partial charge in [-0.1, -0.05) is 18.2 Å². The van der Waals surface area contributed by atoms with Gasteiger partial charge in [-0.15, -0.1) is 0 Å². The number of pyridine rings is 1. The van der Waals surface area contributed by atoms with Gasteiger partial charge in [0.1, 0.15) is 6.61 Å². The summed E-state index contributed by atoms with van der Waals surface area (Å²) in [7, 11) is 0. The van der Waals surface area contributed by atoms with E-state index in [9.17, 15) is 4.79 Å². The number of hydrogen-bond acceptors (Lipinski definition) is 4. The van der Waals surface area contributed by atoms with E-state index in [2.05, 4.69) is 4.98 Å². The number of amides is 1. The number of nitrogens with zero attached hydrogens (tertiary/aromatic N) is 1. The van der Waals surface area contributed by atoms with E-state index in [1.165, 1.54) is 0 Å². The van der Waals surface area contributed by atoms with Crippen molar-refractivity contribution in [3.05, 3.63) is 59.9 Å². The molecule has 19 heavy (non-hydrogen) atoms. The van der Waals surface area contributed by atoms with Gasteiger partial charge in [0, 0.05) is 11.9 Å². The molecule has 0 aliphatic carbocycles. The molecule has 1 atom stereocenters. The Morgan fingerprint density at radius 2 is 1.95 bits per heavy atom. The number of nitrogens with two attached hydrogens (primary N) is 2. The Kier molecular flexibility index (Phi) is 3.97. The topological polar surface area (TPSA) is 91.2 Å². The van der Waals surface area contributed by atoms with Crippen LogP contribution in [0.3, 0.4) is 0 Å². The second-order valence-electron chi connectivity index (χ2n) is 4.10. The summed E-state index contributed by atoms with van der Waals surface area (Å²) in [5, 5.41) is 0. The SMILES string of the molecule is NC(=O)OCC(c1ccc(N)cc1)c1ccccn1. The molecule has 1 heterocycles. The van der Waals surface area contributed by atoms with Crippen molar-refractivity contribution in [2.24, 2.45) is 5.73 Å². The van der Waals surface area contributed by atoms with Gasteiger partial charge in [0.25, 0.3) is 0 Å². The minimum Gasteiger partial charge on any atom is -0.449 e. The Morgan fingerprint density at radius 1 is 1.21 bits per heavy atom. The summed E-state index contributed by atoms with van der Waals surface area (Å²) < 4.78 is 4.91. The fourth-order valence-electron chi connectivity index (χ4n) is 1.83. The van der Waals surface area contributed by atoms with Crippen LogP contribution in [0.15, 0.2) is 48.7 Å². The van der Waals surface area contributed by atoms with Gasteiger partial charge >= 0.3 is 6.09 Å². The number of carbonyl (C=O) groups is 1. The molecular weight excluding hydrogens is 242 g/mol. The van der Waals surface area contributed by atoms with E-state index in [0.29, 0.717) is 5.69 Å². The molecule has 5 heteroatoms. The van der Waals surface area contributed by atoms with Crippen LogP contribution < -0.4 is 11.5 Å². The first-order valence-electron chi connectivity index (χ1n) is 5.85. The average molecular weight is 257 g/mol. The second-order valence-corrected chi connectivity index (χ2v) is 4.10. The molecule has 2 rings (SSSR count). The van der Waals surface area contributed by atoms with Crippen molar-refractivity contribution in [1.29, 1.82) is 0 Å². The lowest BCUT2D eigenvalue weighted by molar-refractivity contribution is 0.152. The van der Waals surface area contributed by atoms with Gasteiger partial charge in [-0.05, 0) is 29.8 Å². The molecule has 1 unspecified atom stereocenters. The molecule has 0 bridgehead atoms. The zero-order valence-corrected chi connectivity index (χ0v) is 10.3. The van der Waals surface area contributed by atoms with Crippen molar-refractivity contribution in [1.82, 2.24) is 4.98 Å². The summed E-state index contributed by atoms with van der Waals surface area (Å²) in [6.45, 7) is 0.149. The molecular formula is C14H15N3O2. The highest BCUT2D eigenvalue weighted by Crippen LogP contribution is 2.24. The van der Waals surface area contributed by atoms with Crippen LogP contribution in [0.4, 0.5) is 10.5 Å². The molecule has 0 radical (unpaired) electrons. The molecule has 4 N–H and O–H groups in total. The predicted molar refractivity (Wildman–Crippen MR) is 72.5 cm³/mol. The molecule has 0 spiro atoms. The summed E-state index contributed by atoms with van der Waals surface area (Å²) in [4.78, 5) is 15.1. The van der Waals surface area contributed by atoms with Gasteiger partial charge in [-0.3, -0.25) is 4.98 Å². The maximum atomic E-state index is 10.8. The second kappa shape index (κ2) is 5.86. The van der Waals surface area contributed by atoms with Crippen molar-refractivity contribution >= 4 is 11.8 Å². The number of benzene rings is 1. The van der Waals surface area contributed by atoms with Crippen molar-refractivity contribution in [2.45, 2.75) is 5.92 Å². The van der Waals surface area contributed by atoms with E-state index in [0.717, 1.165) is 11.3 Å². The minimum atomic E-state index is -0.795. The maximum absolute atomic E-state index is 10.8. The number of ether oxygens (including phenoxy) is 1. The Labute approximate surface area is 111 Å². The average Bonchev–Trinajstić information content (AvgIpc) is 2.42. The summed E-state index contributed by atoms with van der Waals surface area (Å²) in [5.41, 5.74) is 13.1. The summed E-state index contributed by atoms with van der Waals surface area (Å²) in [5.74, 6) is -0.158. The van der Waals surface area contributed by atoms with Crippen molar-refractivity contribution in [2.75, 3.05) is 12.3 Å². The Bertz CT molecular complexity index is 540. The molecule has 0 fully saturated rings. The molecule has 5 nitrogen and oxygen atoms in total. The van der Waals surface area contributed by atoms with E-state index in [-0.39, 0.29) is 12.5 Å². The van der Waals surface area contributed by atoms with Gasteiger partial charge in [-0.2, -0.15) is 0 Å². The third kappa shape index (κ3) is 3.45. The first-order valence-corrected chi connectivity index (χ1v) is 5.85. The first-order chi connectivity index (χ1) is 9.16. The Hall–Kier alpha value is -2.56. The molecule has 0 aliphatic rings. The molecule has 98 valence electrons. The van der Waals surface area contributed by atoms with E-state index in [1.807, 2.05) is 30.3 Å². The lowest BCUT2D eigenvalue weighted by Crippen LogP contribution is -2.19. The molecule has 1 aromatic carbocycles. The van der Waals surface area contributed by atoms with Crippen LogP contribution in [0, 0.1) is 0 Å². The summed E-state index contributed by atoms with van der Waals surface area (Å²) >= 11 is 0. The normalized spacial score (nSPS) is 11.8. The van der Waals surface area contributed by atoms with E-state index < -0.39 is 6.09 Å². The Morgan fingerprint density at radius 3 is 2.53 bits per heavy atom. The quantitative estimate of drug-likeness (QED) is 0.818. The van der Waals surface area contributed by atoms with Gasteiger partial charge in [0.15, 0.2) is 0 Å². The van der Waals surface area contributed by atoms with Gasteiger partial charge < -0.3 is 16.2 Å². The monoisotopic (exact) mass is 257 g/mol. The largest absolute Gasteiger partial charge is 0.449 e. The highest BCUT2D eigenvalue weighted by atomic mass is 16.5. The maximum Gasteiger partial charge on any atom is 0.404 e. The fraction of sp³-hybridized carbons (Fsp3) is 0.143. The number of nitrogen functional groups attached to an aromatic ring is 1. The molecule has 0 saturated heterocycles. The van der Waals surface area contributed by atoms with E-state index in [1.54, 1.807) is 18.3 Å². The smallest absolute Gasteiger partial charge is 0.404 e. The van der Waals surface area contributed by atoms with Crippen LogP contribution >= 0.6 is 0 Å². The molecule has 2 aromatic rings. The number of primary amides is 1. The predicted octanol–water partition coefficient (Wildman–Crippen LogP) is 1.89. The molecule has 0 saturated carbocycles. The summed E-state index contributed by atoms with van der Waals surface area (Å²) in [6, 6.07) is 13.0. The van der Waals surface area contributed by atoms with E-state index >= 15 is 0 Å².